The number of hydrogen-bond donors (Lipinski definition) is 2. The van der Waals surface area contributed by atoms with E-state index in [0.29, 0.717) is 0 Å². The van der Waals surface area contributed by atoms with Crippen LogP contribution in [0.4, 0.5) is 0 Å². The van der Waals surface area contributed by atoms with Crippen molar-refractivity contribution in [2.45, 2.75) is 45.0 Å². The van der Waals surface area contributed by atoms with Gasteiger partial charge in [-0.2, -0.15) is 0 Å². The summed E-state index contributed by atoms with van der Waals surface area (Å²) < 4.78 is 0. The normalized spacial score (nSPS) is 19.1. The largest absolute Gasteiger partial charge is 0.391 e. The highest BCUT2D eigenvalue weighted by atomic mass is 16.3. The maximum atomic E-state index is 10.0. The van der Waals surface area contributed by atoms with E-state index < -0.39 is 5.60 Å². The topological polar surface area (TPSA) is 32.3 Å². The van der Waals surface area contributed by atoms with Crippen molar-refractivity contribution in [3.05, 3.63) is 11.5 Å². The van der Waals surface area contributed by atoms with E-state index in [4.69, 9.17) is 0 Å². The molecule has 0 fully saturated rings. The molecule has 79 valence electrons. The van der Waals surface area contributed by atoms with Gasteiger partial charge in [-0.3, -0.25) is 0 Å². The highest BCUT2D eigenvalue weighted by molar-refractivity contribution is 6.49. The molecule has 1 heterocycles. The number of nitrogens with one attached hydrogen (secondary N) is 1. The molecule has 0 spiro atoms. The molecule has 2 nitrogen and oxygen atoms in total. The highest BCUT2D eigenvalue weighted by Crippen LogP contribution is 2.38. The summed E-state index contributed by atoms with van der Waals surface area (Å²) in [5.74, 6) is 0. The summed E-state index contributed by atoms with van der Waals surface area (Å²) in [5, 5.41) is 13.1. The molecule has 0 bridgehead atoms. The first-order chi connectivity index (χ1) is 6.33. The van der Waals surface area contributed by atoms with Gasteiger partial charge in [-0.05, 0) is 32.1 Å². The van der Waals surface area contributed by atoms with Crippen LogP contribution in [0.5, 0.6) is 0 Å². The molecule has 0 amide bonds. The minimum Gasteiger partial charge on any atom is -0.391 e. The van der Waals surface area contributed by atoms with E-state index in [1.54, 1.807) is 0 Å². The molecule has 0 saturated heterocycles. The Morgan fingerprint density at radius 2 is 2.00 bits per heavy atom. The van der Waals surface area contributed by atoms with Gasteiger partial charge in [0.05, 0.1) is 5.60 Å². The van der Waals surface area contributed by atoms with Crippen molar-refractivity contribution >= 4 is 7.28 Å². The van der Waals surface area contributed by atoms with Crippen LogP contribution in [0.3, 0.4) is 0 Å². The molecular weight excluding hydrogens is 173 g/mol. The fraction of sp³-hybridized carbons (Fsp3) is 0.818. The Kier molecular flexibility index (Phi) is 3.43. The lowest BCUT2D eigenvalue weighted by Gasteiger charge is -2.38. The van der Waals surface area contributed by atoms with Crippen LogP contribution in [-0.2, 0) is 0 Å². The van der Waals surface area contributed by atoms with Crippen LogP contribution in [0, 0.1) is 0 Å². The van der Waals surface area contributed by atoms with E-state index in [0.717, 1.165) is 19.5 Å². The fourth-order valence-electron chi connectivity index (χ4n) is 1.41. The summed E-state index contributed by atoms with van der Waals surface area (Å²) in [6.07, 6.45) is 3.27. The van der Waals surface area contributed by atoms with Gasteiger partial charge in [0.1, 0.15) is 0 Å². The zero-order valence-electron chi connectivity index (χ0n) is 9.72. The molecule has 14 heavy (non-hydrogen) atoms. The van der Waals surface area contributed by atoms with Crippen LogP contribution in [0.25, 0.3) is 0 Å². The molecule has 0 saturated carbocycles. The monoisotopic (exact) mass is 194 g/mol. The van der Waals surface area contributed by atoms with E-state index in [1.807, 2.05) is 13.8 Å². The molecule has 1 rings (SSSR count). The zero-order chi connectivity index (χ0) is 10.8. The second kappa shape index (κ2) is 4.07. The van der Waals surface area contributed by atoms with Crippen LogP contribution < -0.4 is 5.32 Å². The van der Waals surface area contributed by atoms with Gasteiger partial charge in [0, 0.05) is 6.54 Å². The first-order valence-electron chi connectivity index (χ1n) is 5.31. The van der Waals surface area contributed by atoms with E-state index in [-0.39, 0.29) is 5.31 Å². The van der Waals surface area contributed by atoms with Crippen molar-refractivity contribution in [2.24, 2.45) is 0 Å². The number of aliphatic hydroxyl groups is 1. The van der Waals surface area contributed by atoms with Gasteiger partial charge in [-0.25, -0.2) is 0 Å². The molecule has 1 aliphatic rings. The number of rotatable bonds is 3. The summed E-state index contributed by atoms with van der Waals surface area (Å²) in [6.45, 7) is 9.89. The molecule has 0 aromatic carbocycles. The molecule has 0 unspecified atom stereocenters. The Labute approximate surface area is 88.0 Å². The molecule has 0 aromatic heterocycles. The summed E-state index contributed by atoms with van der Waals surface area (Å²) in [4.78, 5) is 0. The van der Waals surface area contributed by atoms with Crippen LogP contribution in [-0.4, -0.2) is 31.1 Å². The first-order valence-corrected chi connectivity index (χ1v) is 5.31. The Hall–Kier alpha value is -0.275. The Morgan fingerprint density at radius 3 is 2.43 bits per heavy atom. The lowest BCUT2D eigenvalue weighted by molar-refractivity contribution is 0.0407. The third-order valence-corrected chi connectivity index (χ3v) is 3.22. The summed E-state index contributed by atoms with van der Waals surface area (Å²) in [6, 6.07) is 0. The minimum atomic E-state index is -0.668. The lowest BCUT2D eigenvalue weighted by atomic mass is 9.44. The van der Waals surface area contributed by atoms with E-state index in [1.165, 1.54) is 5.47 Å². The average Bonchev–Trinajstić information content (AvgIpc) is 2.03. The standard InChI is InChI=1S/C11H21BNO/c1-10(2,11(3,4)14)12-9-5-7-13-8-6-9/h5,13-14H,6-8H2,1-4H3. The second-order valence-electron chi connectivity index (χ2n) is 5.16. The lowest BCUT2D eigenvalue weighted by Crippen LogP contribution is -2.39. The van der Waals surface area contributed by atoms with Crippen LogP contribution in [0.1, 0.15) is 34.1 Å². The summed E-state index contributed by atoms with van der Waals surface area (Å²) in [7, 11) is 2.20. The molecule has 0 atom stereocenters. The molecule has 1 aliphatic heterocycles. The van der Waals surface area contributed by atoms with Crippen molar-refractivity contribution in [1.29, 1.82) is 0 Å². The molecule has 3 heteroatoms. The maximum Gasteiger partial charge on any atom is 0.156 e. The highest BCUT2D eigenvalue weighted by Gasteiger charge is 2.36. The smallest absolute Gasteiger partial charge is 0.156 e. The summed E-state index contributed by atoms with van der Waals surface area (Å²) in [5.41, 5.74) is 0.689. The quantitative estimate of drug-likeness (QED) is 0.668. The van der Waals surface area contributed by atoms with Crippen molar-refractivity contribution in [1.82, 2.24) is 5.32 Å². The predicted molar refractivity (Wildman–Crippen MR) is 61.7 cm³/mol. The SMILES string of the molecule is CC(C)(O)C(C)(C)[B]C1=CCNCC1. The van der Waals surface area contributed by atoms with Gasteiger partial charge >= 0.3 is 0 Å². The van der Waals surface area contributed by atoms with Gasteiger partial charge in [0.2, 0.25) is 0 Å². The Bertz CT molecular complexity index is 228. The molecular formula is C11H21BNO. The van der Waals surface area contributed by atoms with Gasteiger partial charge in [0.25, 0.3) is 0 Å². The predicted octanol–water partition coefficient (Wildman–Crippen LogP) is 1.54. The molecule has 0 aromatic rings. The average molecular weight is 194 g/mol. The maximum absolute atomic E-state index is 10.0. The van der Waals surface area contributed by atoms with Crippen molar-refractivity contribution < 1.29 is 5.11 Å². The van der Waals surface area contributed by atoms with Gasteiger partial charge in [-0.1, -0.05) is 19.9 Å². The first kappa shape index (κ1) is 11.8. The fourth-order valence-corrected chi connectivity index (χ4v) is 1.41. The third-order valence-electron chi connectivity index (χ3n) is 3.22. The van der Waals surface area contributed by atoms with Gasteiger partial charge < -0.3 is 10.4 Å². The van der Waals surface area contributed by atoms with E-state index in [9.17, 15) is 5.11 Å². The van der Waals surface area contributed by atoms with Crippen molar-refractivity contribution in [2.75, 3.05) is 13.1 Å². The van der Waals surface area contributed by atoms with Crippen LogP contribution >= 0.6 is 0 Å². The van der Waals surface area contributed by atoms with Crippen molar-refractivity contribution in [3.63, 3.8) is 0 Å². The summed E-state index contributed by atoms with van der Waals surface area (Å²) >= 11 is 0. The third kappa shape index (κ3) is 2.86. The molecule has 0 aliphatic carbocycles. The number of hydrogen-bond acceptors (Lipinski definition) is 2. The van der Waals surface area contributed by atoms with Gasteiger partial charge in [-0.15, -0.1) is 5.47 Å². The van der Waals surface area contributed by atoms with Crippen LogP contribution in [0.2, 0.25) is 5.31 Å². The second-order valence-corrected chi connectivity index (χ2v) is 5.16. The Balaban J connectivity index is 2.62. The minimum absolute atomic E-state index is 0.170. The van der Waals surface area contributed by atoms with E-state index in [2.05, 4.69) is 32.5 Å². The van der Waals surface area contributed by atoms with Crippen molar-refractivity contribution in [3.8, 4) is 0 Å². The molecule has 2 N–H and O–H groups in total. The molecule has 1 radical (unpaired) electrons. The van der Waals surface area contributed by atoms with Gasteiger partial charge in [0.15, 0.2) is 7.28 Å². The van der Waals surface area contributed by atoms with E-state index >= 15 is 0 Å². The van der Waals surface area contributed by atoms with Crippen LogP contribution in [0.15, 0.2) is 11.5 Å². The zero-order valence-corrected chi connectivity index (χ0v) is 9.72. The Morgan fingerprint density at radius 1 is 1.36 bits per heavy atom.